The predicted molar refractivity (Wildman–Crippen MR) is 80.6 cm³/mol. The minimum Gasteiger partial charge on any atom is -0.378 e. The van der Waals surface area contributed by atoms with Gasteiger partial charge in [0, 0.05) is 36.9 Å². The molecule has 0 aliphatic carbocycles. The maximum atomic E-state index is 6.08. The van der Waals surface area contributed by atoms with Crippen molar-refractivity contribution in [1.29, 1.82) is 0 Å². The molecule has 1 saturated heterocycles. The maximum Gasteiger partial charge on any atom is 0.0710 e. The molecule has 0 spiro atoms. The third kappa shape index (κ3) is 2.03. The molecule has 20 heavy (non-hydrogen) atoms. The molecule has 3 rings (SSSR count). The lowest BCUT2D eigenvalue weighted by atomic mass is 9.77. The Balaban J connectivity index is 2.02. The van der Waals surface area contributed by atoms with Gasteiger partial charge in [-0.2, -0.15) is 5.10 Å². The van der Waals surface area contributed by atoms with Crippen LogP contribution < -0.4 is 5.73 Å². The van der Waals surface area contributed by atoms with Crippen molar-refractivity contribution >= 4 is 10.9 Å². The number of fused-ring (bicyclic) bond motifs is 1. The number of aryl methyl sites for hydroxylation is 1. The van der Waals surface area contributed by atoms with Crippen LogP contribution in [0.1, 0.15) is 26.0 Å². The summed E-state index contributed by atoms with van der Waals surface area (Å²) in [6, 6.07) is 8.45. The van der Waals surface area contributed by atoms with Crippen molar-refractivity contribution in [3.8, 4) is 0 Å². The van der Waals surface area contributed by atoms with Gasteiger partial charge in [-0.05, 0) is 26.3 Å². The molecule has 1 aliphatic heterocycles. The lowest BCUT2D eigenvalue weighted by Crippen LogP contribution is -2.39. The number of hydrogen-bond acceptors (Lipinski definition) is 3. The normalized spacial score (nSPS) is 26.4. The van der Waals surface area contributed by atoms with E-state index in [0.717, 1.165) is 31.7 Å². The minimum atomic E-state index is 0.0374. The summed E-state index contributed by atoms with van der Waals surface area (Å²) in [6.07, 6.45) is 2.13. The average molecular weight is 273 g/mol. The zero-order valence-electron chi connectivity index (χ0n) is 12.3. The van der Waals surface area contributed by atoms with Gasteiger partial charge in [0.1, 0.15) is 0 Å². The molecule has 0 bridgehead atoms. The average Bonchev–Trinajstić information content (AvgIpc) is 3.02. The smallest absolute Gasteiger partial charge is 0.0710 e. The van der Waals surface area contributed by atoms with E-state index in [9.17, 15) is 0 Å². The van der Waals surface area contributed by atoms with E-state index in [-0.39, 0.29) is 11.5 Å². The van der Waals surface area contributed by atoms with E-state index in [2.05, 4.69) is 42.8 Å². The van der Waals surface area contributed by atoms with Gasteiger partial charge >= 0.3 is 0 Å². The molecule has 1 aromatic carbocycles. The zero-order valence-corrected chi connectivity index (χ0v) is 12.3. The molecular weight excluding hydrogens is 250 g/mol. The van der Waals surface area contributed by atoms with Gasteiger partial charge in [-0.1, -0.05) is 18.2 Å². The SMILES string of the molecule is CCn1nc(CC2(CN)CCOC2C)c2ccccc21. The van der Waals surface area contributed by atoms with Crippen molar-refractivity contribution in [2.75, 3.05) is 13.2 Å². The van der Waals surface area contributed by atoms with Crippen LogP contribution in [0, 0.1) is 5.41 Å². The van der Waals surface area contributed by atoms with Crippen LogP contribution in [0.4, 0.5) is 0 Å². The van der Waals surface area contributed by atoms with Gasteiger partial charge in [-0.25, -0.2) is 0 Å². The van der Waals surface area contributed by atoms with Crippen LogP contribution in [-0.2, 0) is 17.7 Å². The molecule has 0 amide bonds. The van der Waals surface area contributed by atoms with E-state index in [1.165, 1.54) is 10.9 Å². The Morgan fingerprint density at radius 3 is 2.90 bits per heavy atom. The summed E-state index contributed by atoms with van der Waals surface area (Å²) in [5, 5.41) is 6.06. The maximum absolute atomic E-state index is 6.08. The molecule has 108 valence electrons. The highest BCUT2D eigenvalue weighted by molar-refractivity contribution is 5.82. The number of hydrogen-bond donors (Lipinski definition) is 1. The third-order valence-corrected chi connectivity index (χ3v) is 4.79. The van der Waals surface area contributed by atoms with Crippen molar-refractivity contribution in [2.24, 2.45) is 11.1 Å². The Labute approximate surface area is 119 Å². The van der Waals surface area contributed by atoms with Crippen molar-refractivity contribution in [3.05, 3.63) is 30.0 Å². The molecular formula is C16H23N3O. The van der Waals surface area contributed by atoms with Gasteiger partial charge in [0.25, 0.3) is 0 Å². The number of rotatable bonds is 4. The van der Waals surface area contributed by atoms with E-state index >= 15 is 0 Å². The van der Waals surface area contributed by atoms with Crippen LogP contribution in [0.15, 0.2) is 24.3 Å². The summed E-state index contributed by atoms with van der Waals surface area (Å²) in [4.78, 5) is 0. The summed E-state index contributed by atoms with van der Waals surface area (Å²) in [7, 11) is 0. The van der Waals surface area contributed by atoms with Crippen molar-refractivity contribution in [1.82, 2.24) is 9.78 Å². The molecule has 2 heterocycles. The molecule has 2 unspecified atom stereocenters. The van der Waals surface area contributed by atoms with Gasteiger partial charge in [0.05, 0.1) is 17.3 Å². The highest BCUT2D eigenvalue weighted by Gasteiger charge is 2.41. The molecule has 2 atom stereocenters. The minimum absolute atomic E-state index is 0.0374. The number of nitrogens with zero attached hydrogens (tertiary/aromatic N) is 2. The summed E-state index contributed by atoms with van der Waals surface area (Å²) in [5.74, 6) is 0. The summed E-state index contributed by atoms with van der Waals surface area (Å²) in [6.45, 7) is 6.62. The largest absolute Gasteiger partial charge is 0.378 e. The highest BCUT2D eigenvalue weighted by Crippen LogP contribution is 2.38. The topological polar surface area (TPSA) is 53.1 Å². The molecule has 1 aliphatic rings. The van der Waals surface area contributed by atoms with Crippen LogP contribution in [0.25, 0.3) is 10.9 Å². The lowest BCUT2D eigenvalue weighted by Gasteiger charge is -2.30. The van der Waals surface area contributed by atoms with Crippen molar-refractivity contribution < 1.29 is 4.74 Å². The number of benzene rings is 1. The Bertz CT molecular complexity index is 607. The van der Waals surface area contributed by atoms with Gasteiger partial charge in [-0.3, -0.25) is 4.68 Å². The molecule has 1 aromatic heterocycles. The number of ether oxygens (including phenoxy) is 1. The molecule has 0 radical (unpaired) electrons. The first-order valence-corrected chi connectivity index (χ1v) is 7.46. The van der Waals surface area contributed by atoms with Crippen LogP contribution in [0.3, 0.4) is 0 Å². The molecule has 2 N–H and O–H groups in total. The second-order valence-corrected chi connectivity index (χ2v) is 5.79. The van der Waals surface area contributed by atoms with Crippen molar-refractivity contribution in [2.45, 2.75) is 39.3 Å². The monoisotopic (exact) mass is 273 g/mol. The zero-order chi connectivity index (χ0) is 14.2. The van der Waals surface area contributed by atoms with Crippen LogP contribution in [-0.4, -0.2) is 29.0 Å². The van der Waals surface area contributed by atoms with E-state index in [0.29, 0.717) is 6.54 Å². The molecule has 2 aromatic rings. The fourth-order valence-electron chi connectivity index (χ4n) is 3.29. The molecule has 1 fully saturated rings. The Morgan fingerprint density at radius 2 is 2.25 bits per heavy atom. The number of nitrogens with two attached hydrogens (primary N) is 1. The van der Waals surface area contributed by atoms with Crippen LogP contribution >= 0.6 is 0 Å². The van der Waals surface area contributed by atoms with Crippen LogP contribution in [0.2, 0.25) is 0 Å². The summed E-state index contributed by atoms with van der Waals surface area (Å²) < 4.78 is 7.84. The van der Waals surface area contributed by atoms with Gasteiger partial charge in [0.2, 0.25) is 0 Å². The van der Waals surface area contributed by atoms with E-state index in [1.807, 2.05) is 0 Å². The first kappa shape index (κ1) is 13.6. The summed E-state index contributed by atoms with van der Waals surface area (Å²) >= 11 is 0. The first-order valence-electron chi connectivity index (χ1n) is 7.46. The molecule has 4 nitrogen and oxygen atoms in total. The fraction of sp³-hybridized carbons (Fsp3) is 0.562. The number of aromatic nitrogens is 2. The Morgan fingerprint density at radius 1 is 1.45 bits per heavy atom. The Hall–Kier alpha value is -1.39. The highest BCUT2D eigenvalue weighted by atomic mass is 16.5. The van der Waals surface area contributed by atoms with Gasteiger partial charge < -0.3 is 10.5 Å². The molecule has 4 heteroatoms. The standard InChI is InChI=1S/C16H23N3O/c1-3-19-15-7-5-4-6-13(15)14(18-19)10-16(11-17)8-9-20-12(16)2/h4-7,12H,3,8-11,17H2,1-2H3. The third-order valence-electron chi connectivity index (χ3n) is 4.79. The molecule has 0 saturated carbocycles. The van der Waals surface area contributed by atoms with E-state index in [1.54, 1.807) is 0 Å². The first-order chi connectivity index (χ1) is 9.70. The van der Waals surface area contributed by atoms with Crippen LogP contribution in [0.5, 0.6) is 0 Å². The fourth-order valence-corrected chi connectivity index (χ4v) is 3.29. The van der Waals surface area contributed by atoms with Crippen molar-refractivity contribution in [3.63, 3.8) is 0 Å². The second kappa shape index (κ2) is 5.19. The van der Waals surface area contributed by atoms with E-state index in [4.69, 9.17) is 15.6 Å². The predicted octanol–water partition coefficient (Wildman–Crippen LogP) is 2.35. The Kier molecular flexibility index (Phi) is 3.52. The second-order valence-electron chi connectivity index (χ2n) is 5.79. The summed E-state index contributed by atoms with van der Waals surface area (Å²) in [5.41, 5.74) is 8.48. The van der Waals surface area contributed by atoms with E-state index < -0.39 is 0 Å². The number of para-hydroxylation sites is 1. The lowest BCUT2D eigenvalue weighted by molar-refractivity contribution is 0.0670. The van der Waals surface area contributed by atoms with Gasteiger partial charge in [-0.15, -0.1) is 0 Å². The quantitative estimate of drug-likeness (QED) is 0.930. The van der Waals surface area contributed by atoms with Gasteiger partial charge in [0.15, 0.2) is 0 Å².